The topological polar surface area (TPSA) is 0 Å². The molecule has 22 heavy (non-hydrogen) atoms. The smallest absolute Gasteiger partial charge is 0.0135 e. The normalized spacial score (nSPS) is 11.3. The summed E-state index contributed by atoms with van der Waals surface area (Å²) in [6.45, 7) is 0. The van der Waals surface area contributed by atoms with E-state index in [0.29, 0.717) is 0 Å². The number of benzene rings is 4. The lowest BCUT2D eigenvalue weighted by molar-refractivity contribution is 1.48. The summed E-state index contributed by atoms with van der Waals surface area (Å²) in [6, 6.07) is 30.1. The number of fused-ring (bicyclic) bond motifs is 2. The van der Waals surface area contributed by atoms with Crippen LogP contribution >= 0.6 is 10.5 Å². The molecule has 4 aromatic carbocycles. The van der Waals surface area contributed by atoms with Crippen molar-refractivity contribution < 1.29 is 0 Å². The molecule has 0 aliphatic carbocycles. The molecule has 0 atom stereocenters. The summed E-state index contributed by atoms with van der Waals surface area (Å²) in [4.78, 5) is 2.63. The van der Waals surface area contributed by atoms with E-state index in [1.807, 2.05) is 0 Å². The van der Waals surface area contributed by atoms with Gasteiger partial charge in [0.05, 0.1) is 0 Å². The van der Waals surface area contributed by atoms with E-state index < -0.39 is 0 Å². The van der Waals surface area contributed by atoms with Gasteiger partial charge in [-0.1, -0.05) is 78.7 Å². The minimum Gasteiger partial charge on any atom is -0.129 e. The summed E-state index contributed by atoms with van der Waals surface area (Å²) >= 11 is 0. The predicted molar refractivity (Wildman–Crippen MR) is 99.1 cm³/mol. The average molecular weight is 300 g/mol. The average Bonchev–Trinajstić information content (AvgIpc) is 2.60. The lowest BCUT2D eigenvalue weighted by Crippen LogP contribution is -1.83. The standard InChI is InChI=1S/C21H16S/c1-22(20-14-6-10-16-8-2-4-12-18(16)20)21-15-7-11-17-9-3-5-13-19(17)21/h2-15H,1H2. The van der Waals surface area contributed by atoms with E-state index in [4.69, 9.17) is 0 Å². The van der Waals surface area contributed by atoms with Crippen LogP contribution < -0.4 is 0 Å². The second-order valence-corrected chi connectivity index (χ2v) is 7.01. The van der Waals surface area contributed by atoms with Crippen LogP contribution in [0.2, 0.25) is 0 Å². The van der Waals surface area contributed by atoms with Crippen LogP contribution in [-0.2, 0) is 0 Å². The Hall–Kier alpha value is -2.38. The molecule has 4 aromatic rings. The fourth-order valence-electron chi connectivity index (χ4n) is 2.94. The van der Waals surface area contributed by atoms with Crippen molar-refractivity contribution >= 4 is 37.9 Å². The number of hydrogen-bond donors (Lipinski definition) is 0. The van der Waals surface area contributed by atoms with E-state index in [9.17, 15) is 0 Å². The van der Waals surface area contributed by atoms with Crippen LogP contribution in [0.4, 0.5) is 0 Å². The van der Waals surface area contributed by atoms with Gasteiger partial charge in [-0.05, 0) is 33.7 Å². The largest absolute Gasteiger partial charge is 0.129 e. The van der Waals surface area contributed by atoms with Gasteiger partial charge in [0.1, 0.15) is 0 Å². The Morgan fingerprint density at radius 3 is 1.41 bits per heavy atom. The molecular formula is C21H16S. The van der Waals surface area contributed by atoms with Crippen molar-refractivity contribution in [1.82, 2.24) is 0 Å². The van der Waals surface area contributed by atoms with Crippen molar-refractivity contribution in [1.29, 1.82) is 0 Å². The fourth-order valence-corrected chi connectivity index (χ4v) is 4.56. The van der Waals surface area contributed by atoms with Gasteiger partial charge in [-0.25, -0.2) is 0 Å². The zero-order valence-electron chi connectivity index (χ0n) is 12.2. The summed E-state index contributed by atoms with van der Waals surface area (Å²) < 4.78 is 0. The first-order chi connectivity index (χ1) is 10.8. The Morgan fingerprint density at radius 1 is 0.500 bits per heavy atom. The molecule has 0 nitrogen and oxygen atoms in total. The molecule has 0 fully saturated rings. The first-order valence-electron chi connectivity index (χ1n) is 7.34. The Bertz CT molecular complexity index is 907. The molecule has 0 saturated heterocycles. The van der Waals surface area contributed by atoms with Gasteiger partial charge in [0.15, 0.2) is 0 Å². The van der Waals surface area contributed by atoms with Gasteiger partial charge in [-0.2, -0.15) is 0 Å². The minimum absolute atomic E-state index is 0.196. The maximum absolute atomic E-state index is 4.51. The molecule has 1 heteroatoms. The highest BCUT2D eigenvalue weighted by molar-refractivity contribution is 8.14. The predicted octanol–water partition coefficient (Wildman–Crippen LogP) is 6.11. The summed E-state index contributed by atoms with van der Waals surface area (Å²) in [5.74, 6) is 4.51. The van der Waals surface area contributed by atoms with Crippen LogP contribution in [-0.4, -0.2) is 5.87 Å². The van der Waals surface area contributed by atoms with E-state index >= 15 is 0 Å². The highest BCUT2D eigenvalue weighted by atomic mass is 32.2. The molecule has 0 aromatic heterocycles. The number of hydrogen-bond acceptors (Lipinski definition) is 0. The zero-order valence-corrected chi connectivity index (χ0v) is 13.0. The van der Waals surface area contributed by atoms with Crippen molar-refractivity contribution in [2.24, 2.45) is 0 Å². The van der Waals surface area contributed by atoms with Gasteiger partial charge < -0.3 is 0 Å². The molecule has 0 amide bonds. The third-order valence-corrected chi connectivity index (χ3v) is 5.80. The van der Waals surface area contributed by atoms with E-state index in [2.05, 4.69) is 90.8 Å². The van der Waals surface area contributed by atoms with Crippen molar-refractivity contribution in [3.05, 3.63) is 84.9 Å². The van der Waals surface area contributed by atoms with Crippen LogP contribution in [0.25, 0.3) is 21.5 Å². The summed E-state index contributed by atoms with van der Waals surface area (Å²) in [6.07, 6.45) is 0. The van der Waals surface area contributed by atoms with Gasteiger partial charge in [0.25, 0.3) is 0 Å². The molecular weight excluding hydrogens is 284 g/mol. The van der Waals surface area contributed by atoms with E-state index in [1.165, 1.54) is 31.3 Å². The first-order valence-corrected chi connectivity index (χ1v) is 8.73. The zero-order chi connectivity index (χ0) is 14.9. The maximum atomic E-state index is 4.51. The Kier molecular flexibility index (Phi) is 3.28. The molecule has 0 radical (unpaired) electrons. The molecule has 0 heterocycles. The molecule has 0 aliphatic heterocycles. The van der Waals surface area contributed by atoms with E-state index in [-0.39, 0.29) is 10.5 Å². The lowest BCUT2D eigenvalue weighted by atomic mass is 10.1. The van der Waals surface area contributed by atoms with Crippen LogP contribution in [0.15, 0.2) is 94.7 Å². The van der Waals surface area contributed by atoms with Crippen molar-refractivity contribution in [3.8, 4) is 0 Å². The van der Waals surface area contributed by atoms with Gasteiger partial charge in [-0.3, -0.25) is 0 Å². The molecule has 0 spiro atoms. The van der Waals surface area contributed by atoms with Crippen molar-refractivity contribution in [2.45, 2.75) is 9.79 Å². The monoisotopic (exact) mass is 300 g/mol. The lowest BCUT2D eigenvalue weighted by Gasteiger charge is -2.13. The first kappa shape index (κ1) is 13.3. The van der Waals surface area contributed by atoms with E-state index in [0.717, 1.165) is 0 Å². The number of rotatable bonds is 2. The van der Waals surface area contributed by atoms with Crippen LogP contribution in [0.5, 0.6) is 0 Å². The Balaban J connectivity index is 1.97. The van der Waals surface area contributed by atoms with Crippen molar-refractivity contribution in [2.75, 3.05) is 0 Å². The van der Waals surface area contributed by atoms with Crippen LogP contribution in [0, 0.1) is 0 Å². The second-order valence-electron chi connectivity index (χ2n) is 5.35. The van der Waals surface area contributed by atoms with Crippen LogP contribution in [0.3, 0.4) is 0 Å². The summed E-state index contributed by atoms with van der Waals surface area (Å²) in [5, 5.41) is 5.16. The van der Waals surface area contributed by atoms with Gasteiger partial charge in [0, 0.05) is 9.79 Å². The second kappa shape index (κ2) is 5.43. The Morgan fingerprint density at radius 2 is 0.909 bits per heavy atom. The molecule has 106 valence electrons. The third kappa shape index (κ3) is 2.15. The molecule has 0 saturated carbocycles. The highest BCUT2D eigenvalue weighted by Gasteiger charge is 2.08. The molecule has 0 N–H and O–H groups in total. The van der Waals surface area contributed by atoms with Gasteiger partial charge in [0.2, 0.25) is 0 Å². The van der Waals surface area contributed by atoms with Crippen molar-refractivity contribution in [3.63, 3.8) is 0 Å². The maximum Gasteiger partial charge on any atom is 0.0135 e. The van der Waals surface area contributed by atoms with Gasteiger partial charge >= 0.3 is 0 Å². The van der Waals surface area contributed by atoms with Crippen LogP contribution in [0.1, 0.15) is 0 Å². The quantitative estimate of drug-likeness (QED) is 0.392. The minimum atomic E-state index is -0.196. The Labute approximate surface area is 133 Å². The third-order valence-electron chi connectivity index (χ3n) is 4.03. The van der Waals surface area contributed by atoms with E-state index in [1.54, 1.807) is 0 Å². The molecule has 0 unspecified atom stereocenters. The molecule has 4 rings (SSSR count). The van der Waals surface area contributed by atoms with Gasteiger partial charge in [-0.15, -0.1) is 10.5 Å². The molecule has 0 bridgehead atoms. The summed E-state index contributed by atoms with van der Waals surface area (Å²) in [7, 11) is -0.196. The highest BCUT2D eigenvalue weighted by Crippen LogP contribution is 2.41. The SMILES string of the molecule is C=S(c1cccc2ccccc12)c1cccc2ccccc12. The summed E-state index contributed by atoms with van der Waals surface area (Å²) in [5.41, 5.74) is 0. The molecule has 0 aliphatic rings. The fraction of sp³-hybridized carbons (Fsp3) is 0.